The minimum Gasteiger partial charge on any atom is -0.497 e. The maximum absolute atomic E-state index is 11.5. The second-order valence-electron chi connectivity index (χ2n) is 3.73. The molecule has 1 rings (SSSR count). The number of esters is 1. The highest BCUT2D eigenvalue weighted by Gasteiger charge is 2.17. The van der Waals surface area contributed by atoms with Gasteiger partial charge in [-0.2, -0.15) is 0 Å². The minimum atomic E-state index is -0.264. The van der Waals surface area contributed by atoms with Gasteiger partial charge in [-0.3, -0.25) is 4.79 Å². The van der Waals surface area contributed by atoms with Gasteiger partial charge in [-0.25, -0.2) is 0 Å². The molecule has 0 aliphatic heterocycles. The summed E-state index contributed by atoms with van der Waals surface area (Å²) in [6, 6.07) is 7.51. The fourth-order valence-corrected chi connectivity index (χ4v) is 1.66. The van der Waals surface area contributed by atoms with Gasteiger partial charge in [0, 0.05) is 6.61 Å². The highest BCUT2D eigenvalue weighted by Crippen LogP contribution is 2.24. The van der Waals surface area contributed by atoms with E-state index in [1.54, 1.807) is 14.0 Å². The Morgan fingerprint density at radius 2 is 1.83 bits per heavy atom. The van der Waals surface area contributed by atoms with Gasteiger partial charge in [-0.05, 0) is 31.5 Å². The molecule has 0 amide bonds. The van der Waals surface area contributed by atoms with E-state index in [1.807, 2.05) is 31.2 Å². The number of ether oxygens (including phenoxy) is 3. The van der Waals surface area contributed by atoms with Crippen LogP contribution in [0.2, 0.25) is 0 Å². The smallest absolute Gasteiger partial charge is 0.308 e. The van der Waals surface area contributed by atoms with Gasteiger partial charge in [0.05, 0.1) is 26.2 Å². The Morgan fingerprint density at radius 1 is 1.17 bits per heavy atom. The molecule has 0 N–H and O–H groups in total. The Kier molecular flexibility index (Phi) is 6.22. The first kappa shape index (κ1) is 14.5. The minimum absolute atomic E-state index is 0.230. The lowest BCUT2D eigenvalue weighted by molar-refractivity contribution is -0.146. The van der Waals surface area contributed by atoms with E-state index < -0.39 is 0 Å². The van der Waals surface area contributed by atoms with Crippen LogP contribution in [0.25, 0.3) is 0 Å². The molecular weight excluding hydrogens is 232 g/mol. The number of hydrogen-bond acceptors (Lipinski definition) is 4. The Labute approximate surface area is 108 Å². The van der Waals surface area contributed by atoms with Crippen molar-refractivity contribution in [2.24, 2.45) is 0 Å². The lowest BCUT2D eigenvalue weighted by atomic mass is 10.1. The van der Waals surface area contributed by atoms with Gasteiger partial charge in [0.1, 0.15) is 5.75 Å². The fraction of sp³-hybridized carbons (Fsp3) is 0.500. The molecule has 0 spiro atoms. The quantitative estimate of drug-likeness (QED) is 0.700. The molecule has 1 unspecified atom stereocenters. The normalized spacial score (nSPS) is 11.9. The van der Waals surface area contributed by atoms with E-state index in [0.717, 1.165) is 11.3 Å². The molecule has 0 saturated heterocycles. The van der Waals surface area contributed by atoms with Crippen molar-refractivity contribution in [1.82, 2.24) is 0 Å². The first-order valence-electron chi connectivity index (χ1n) is 6.12. The van der Waals surface area contributed by atoms with Crippen molar-refractivity contribution in [3.8, 4) is 5.75 Å². The van der Waals surface area contributed by atoms with Crippen molar-refractivity contribution in [1.29, 1.82) is 0 Å². The molecule has 0 saturated carbocycles. The number of carbonyl (C=O) groups is 1. The highest BCUT2D eigenvalue weighted by atomic mass is 16.5. The summed E-state index contributed by atoms with van der Waals surface area (Å²) in [6.07, 6.45) is -0.0338. The molecule has 0 heterocycles. The van der Waals surface area contributed by atoms with Crippen LogP contribution >= 0.6 is 0 Å². The molecule has 18 heavy (non-hydrogen) atoms. The maximum Gasteiger partial charge on any atom is 0.308 e. The maximum atomic E-state index is 11.5. The van der Waals surface area contributed by atoms with Gasteiger partial charge >= 0.3 is 5.97 Å². The van der Waals surface area contributed by atoms with E-state index in [9.17, 15) is 4.79 Å². The van der Waals surface area contributed by atoms with Gasteiger partial charge in [0.25, 0.3) is 0 Å². The van der Waals surface area contributed by atoms with E-state index in [1.165, 1.54) is 0 Å². The zero-order valence-electron chi connectivity index (χ0n) is 11.1. The van der Waals surface area contributed by atoms with Crippen LogP contribution in [-0.4, -0.2) is 26.3 Å². The van der Waals surface area contributed by atoms with Crippen LogP contribution in [0.1, 0.15) is 31.9 Å². The molecule has 0 bridgehead atoms. The third kappa shape index (κ3) is 4.37. The molecule has 0 aliphatic carbocycles. The molecule has 100 valence electrons. The zero-order valence-corrected chi connectivity index (χ0v) is 11.1. The van der Waals surface area contributed by atoms with Gasteiger partial charge in [-0.15, -0.1) is 0 Å². The number of rotatable bonds is 7. The predicted molar refractivity (Wildman–Crippen MR) is 68.6 cm³/mol. The average Bonchev–Trinajstić information content (AvgIpc) is 2.39. The number of carbonyl (C=O) groups excluding carboxylic acids is 1. The summed E-state index contributed by atoms with van der Waals surface area (Å²) in [5.41, 5.74) is 0.950. The first-order valence-corrected chi connectivity index (χ1v) is 6.12. The summed E-state index contributed by atoms with van der Waals surface area (Å²) in [7, 11) is 1.62. The average molecular weight is 252 g/mol. The van der Waals surface area contributed by atoms with Crippen LogP contribution in [-0.2, 0) is 14.3 Å². The van der Waals surface area contributed by atoms with Crippen molar-refractivity contribution in [3.05, 3.63) is 29.8 Å². The molecule has 0 radical (unpaired) electrons. The fourth-order valence-electron chi connectivity index (χ4n) is 1.66. The third-order valence-corrected chi connectivity index (χ3v) is 2.51. The Hall–Kier alpha value is -1.55. The zero-order chi connectivity index (χ0) is 13.4. The lowest BCUT2D eigenvalue weighted by Gasteiger charge is -2.16. The topological polar surface area (TPSA) is 44.8 Å². The van der Waals surface area contributed by atoms with Crippen molar-refractivity contribution in [3.63, 3.8) is 0 Å². The number of hydrogen-bond donors (Lipinski definition) is 0. The van der Waals surface area contributed by atoms with E-state index in [4.69, 9.17) is 14.2 Å². The van der Waals surface area contributed by atoms with Gasteiger partial charge in [0.2, 0.25) is 0 Å². The molecule has 4 nitrogen and oxygen atoms in total. The third-order valence-electron chi connectivity index (χ3n) is 2.51. The van der Waals surface area contributed by atoms with Crippen molar-refractivity contribution in [2.75, 3.05) is 20.3 Å². The van der Waals surface area contributed by atoms with Crippen LogP contribution in [0.4, 0.5) is 0 Å². The van der Waals surface area contributed by atoms with E-state index >= 15 is 0 Å². The van der Waals surface area contributed by atoms with Crippen molar-refractivity contribution < 1.29 is 19.0 Å². The summed E-state index contributed by atoms with van der Waals surface area (Å²) in [4.78, 5) is 11.5. The van der Waals surface area contributed by atoms with Crippen molar-refractivity contribution >= 4 is 5.97 Å². The van der Waals surface area contributed by atoms with Crippen molar-refractivity contribution in [2.45, 2.75) is 26.4 Å². The molecule has 0 aromatic heterocycles. The first-order chi connectivity index (χ1) is 8.71. The van der Waals surface area contributed by atoms with Crippen LogP contribution in [0.15, 0.2) is 24.3 Å². The molecule has 1 aromatic rings. The van der Waals surface area contributed by atoms with Crippen LogP contribution < -0.4 is 4.74 Å². The van der Waals surface area contributed by atoms with Gasteiger partial charge in [-0.1, -0.05) is 12.1 Å². The Balaban J connectivity index is 2.72. The summed E-state index contributed by atoms with van der Waals surface area (Å²) in [6.45, 7) is 4.64. The highest BCUT2D eigenvalue weighted by molar-refractivity contribution is 5.70. The largest absolute Gasteiger partial charge is 0.497 e. The SMILES string of the molecule is CCOC(=O)CC(OCC)c1ccc(OC)cc1. The van der Waals surface area contributed by atoms with E-state index in [2.05, 4.69) is 0 Å². The van der Waals surface area contributed by atoms with E-state index in [0.29, 0.717) is 13.2 Å². The summed E-state index contributed by atoms with van der Waals surface area (Å²) in [5, 5.41) is 0. The molecule has 1 aromatic carbocycles. The lowest BCUT2D eigenvalue weighted by Crippen LogP contribution is -2.13. The predicted octanol–water partition coefficient (Wildman–Crippen LogP) is 2.73. The summed E-state index contributed by atoms with van der Waals surface area (Å²) in [5.74, 6) is 0.539. The Morgan fingerprint density at radius 3 is 2.33 bits per heavy atom. The summed E-state index contributed by atoms with van der Waals surface area (Å²) < 4.78 is 15.6. The molecule has 4 heteroatoms. The molecular formula is C14H20O4. The van der Waals surface area contributed by atoms with Crippen LogP contribution in [0, 0.1) is 0 Å². The second kappa shape index (κ2) is 7.71. The standard InChI is InChI=1S/C14H20O4/c1-4-17-13(10-14(15)18-5-2)11-6-8-12(16-3)9-7-11/h6-9,13H,4-5,10H2,1-3H3. The molecule has 0 fully saturated rings. The molecule has 1 atom stereocenters. The number of benzene rings is 1. The van der Waals surface area contributed by atoms with E-state index in [-0.39, 0.29) is 18.5 Å². The Bertz CT molecular complexity index is 359. The van der Waals surface area contributed by atoms with Crippen LogP contribution in [0.3, 0.4) is 0 Å². The van der Waals surface area contributed by atoms with Crippen LogP contribution in [0.5, 0.6) is 5.75 Å². The van der Waals surface area contributed by atoms with Gasteiger partial charge in [0.15, 0.2) is 0 Å². The molecule has 0 aliphatic rings. The monoisotopic (exact) mass is 252 g/mol. The summed E-state index contributed by atoms with van der Waals surface area (Å²) >= 11 is 0. The second-order valence-corrected chi connectivity index (χ2v) is 3.73. The van der Waals surface area contributed by atoms with Gasteiger partial charge < -0.3 is 14.2 Å². The number of methoxy groups -OCH3 is 1.